The van der Waals surface area contributed by atoms with Crippen molar-refractivity contribution in [3.05, 3.63) is 72.8 Å². The average molecular weight is 356 g/mol. The molecule has 3 aromatic carbocycles. The lowest BCUT2D eigenvalue weighted by Crippen LogP contribution is -2.00. The zero-order valence-corrected chi connectivity index (χ0v) is 16.3. The number of fused-ring (bicyclic) bond motifs is 2. The number of para-hydroxylation sites is 1. The first kappa shape index (κ1) is 17.9. The highest BCUT2D eigenvalue weighted by atomic mass is 15.0. The Morgan fingerprint density at radius 3 is 2.26 bits per heavy atom. The smallest absolute Gasteiger partial charge is 0.0497 e. The van der Waals surface area contributed by atoms with Crippen molar-refractivity contribution in [1.82, 2.24) is 4.57 Å². The Hall–Kier alpha value is -2.54. The van der Waals surface area contributed by atoms with Gasteiger partial charge in [-0.25, -0.2) is 0 Å². The van der Waals surface area contributed by atoms with Crippen LogP contribution in [0.25, 0.3) is 32.9 Å². The van der Waals surface area contributed by atoms with Gasteiger partial charge in [0.2, 0.25) is 0 Å². The van der Waals surface area contributed by atoms with Gasteiger partial charge in [0.1, 0.15) is 0 Å². The molecule has 0 N–H and O–H groups in total. The van der Waals surface area contributed by atoms with Crippen LogP contribution >= 0.6 is 0 Å². The highest BCUT2D eigenvalue weighted by Crippen LogP contribution is 2.33. The van der Waals surface area contributed by atoms with E-state index in [2.05, 4.69) is 84.3 Å². The summed E-state index contributed by atoms with van der Waals surface area (Å²) in [6.45, 7) is 3.38. The molecule has 0 aliphatic carbocycles. The summed E-state index contributed by atoms with van der Waals surface area (Å²) in [4.78, 5) is 0. The zero-order valence-electron chi connectivity index (χ0n) is 16.3. The van der Waals surface area contributed by atoms with Crippen molar-refractivity contribution in [2.24, 2.45) is 0 Å². The summed E-state index contributed by atoms with van der Waals surface area (Å²) < 4.78 is 2.54. The normalized spacial score (nSPS) is 11.4. The first-order valence-electron chi connectivity index (χ1n) is 10.4. The van der Waals surface area contributed by atoms with E-state index in [4.69, 9.17) is 0 Å². The van der Waals surface area contributed by atoms with E-state index in [1.54, 1.807) is 0 Å². The second-order valence-electron chi connectivity index (χ2n) is 7.53. The maximum absolute atomic E-state index is 2.54. The van der Waals surface area contributed by atoms with E-state index in [1.807, 2.05) is 0 Å². The summed E-state index contributed by atoms with van der Waals surface area (Å²) in [5, 5.41) is 3.99. The van der Waals surface area contributed by atoms with Gasteiger partial charge in [-0.3, -0.25) is 0 Å². The van der Waals surface area contributed by atoms with Gasteiger partial charge >= 0.3 is 0 Å². The van der Waals surface area contributed by atoms with Crippen molar-refractivity contribution < 1.29 is 0 Å². The first-order valence-corrected chi connectivity index (χ1v) is 10.4. The van der Waals surface area contributed by atoms with E-state index in [0.717, 1.165) is 6.54 Å². The number of unbranched alkanes of at least 4 members (excludes halogenated alkanes) is 5. The topological polar surface area (TPSA) is 4.93 Å². The number of aromatic nitrogens is 1. The summed E-state index contributed by atoms with van der Waals surface area (Å²) in [5.74, 6) is 0. The molecule has 1 heteroatoms. The molecule has 4 aromatic rings. The number of benzene rings is 3. The summed E-state index contributed by atoms with van der Waals surface area (Å²) in [6.07, 6.45) is 7.98. The predicted molar refractivity (Wildman–Crippen MR) is 118 cm³/mol. The molecule has 1 aromatic heterocycles. The Bertz CT molecular complexity index is 1020. The van der Waals surface area contributed by atoms with Gasteiger partial charge in [-0.05, 0) is 29.3 Å². The minimum Gasteiger partial charge on any atom is -0.340 e. The van der Waals surface area contributed by atoms with Crippen LogP contribution in [0.5, 0.6) is 0 Å². The van der Waals surface area contributed by atoms with Crippen molar-refractivity contribution in [3.8, 4) is 11.3 Å². The molecular formula is C26H29N. The number of hydrogen-bond donors (Lipinski definition) is 0. The van der Waals surface area contributed by atoms with E-state index in [1.165, 1.54) is 71.5 Å². The van der Waals surface area contributed by atoms with E-state index in [-0.39, 0.29) is 0 Å². The molecule has 0 atom stereocenters. The average Bonchev–Trinajstić information content (AvgIpc) is 3.08. The van der Waals surface area contributed by atoms with Gasteiger partial charge in [-0.1, -0.05) is 99.7 Å². The fourth-order valence-electron chi connectivity index (χ4n) is 4.17. The van der Waals surface area contributed by atoms with Crippen LogP contribution in [0.4, 0.5) is 0 Å². The number of nitrogens with zero attached hydrogens (tertiary/aromatic N) is 1. The second kappa shape index (κ2) is 8.43. The van der Waals surface area contributed by atoms with Crippen molar-refractivity contribution in [3.63, 3.8) is 0 Å². The fourth-order valence-corrected chi connectivity index (χ4v) is 4.17. The molecule has 0 saturated heterocycles. The minimum absolute atomic E-state index is 1.10. The highest BCUT2D eigenvalue weighted by molar-refractivity contribution is 5.99. The van der Waals surface area contributed by atoms with Crippen LogP contribution in [0, 0.1) is 0 Å². The third-order valence-electron chi connectivity index (χ3n) is 5.61. The van der Waals surface area contributed by atoms with Crippen LogP contribution in [0.1, 0.15) is 45.4 Å². The molecule has 4 rings (SSSR count). The maximum Gasteiger partial charge on any atom is 0.0497 e. The summed E-state index contributed by atoms with van der Waals surface area (Å²) in [5.41, 5.74) is 4.05. The van der Waals surface area contributed by atoms with Crippen molar-refractivity contribution in [2.45, 2.75) is 52.0 Å². The van der Waals surface area contributed by atoms with Gasteiger partial charge in [0.25, 0.3) is 0 Å². The molecular weight excluding hydrogens is 326 g/mol. The summed E-state index contributed by atoms with van der Waals surface area (Å²) >= 11 is 0. The van der Waals surface area contributed by atoms with Crippen molar-refractivity contribution in [1.29, 1.82) is 0 Å². The molecule has 138 valence electrons. The van der Waals surface area contributed by atoms with Crippen molar-refractivity contribution in [2.75, 3.05) is 0 Å². The van der Waals surface area contributed by atoms with Crippen LogP contribution in [0.15, 0.2) is 72.8 Å². The molecule has 0 saturated carbocycles. The number of aryl methyl sites for hydroxylation is 1. The minimum atomic E-state index is 1.10. The van der Waals surface area contributed by atoms with Crippen molar-refractivity contribution >= 4 is 21.7 Å². The monoisotopic (exact) mass is 355 g/mol. The Balaban J connectivity index is 1.70. The molecule has 1 heterocycles. The second-order valence-corrected chi connectivity index (χ2v) is 7.53. The molecule has 27 heavy (non-hydrogen) atoms. The molecule has 0 amide bonds. The Labute approximate surface area is 162 Å². The lowest BCUT2D eigenvalue weighted by molar-refractivity contribution is 0.567. The van der Waals surface area contributed by atoms with Crippen LogP contribution in [-0.4, -0.2) is 4.57 Å². The molecule has 0 spiro atoms. The van der Waals surface area contributed by atoms with E-state index in [0.29, 0.717) is 0 Å². The van der Waals surface area contributed by atoms with E-state index >= 15 is 0 Å². The third-order valence-corrected chi connectivity index (χ3v) is 5.61. The van der Waals surface area contributed by atoms with Gasteiger partial charge in [0, 0.05) is 28.7 Å². The first-order chi connectivity index (χ1) is 13.4. The number of hydrogen-bond acceptors (Lipinski definition) is 0. The molecule has 0 fully saturated rings. The third kappa shape index (κ3) is 3.78. The molecule has 0 aliphatic heterocycles. The van der Waals surface area contributed by atoms with Crippen LogP contribution < -0.4 is 0 Å². The summed E-state index contributed by atoms with van der Waals surface area (Å²) in [7, 11) is 0. The Kier molecular flexibility index (Phi) is 5.58. The Morgan fingerprint density at radius 1 is 0.667 bits per heavy atom. The Morgan fingerprint density at radius 2 is 1.37 bits per heavy atom. The SMILES string of the molecule is CCCCCCCCn1c(-c2cccc3ccccc23)cc2ccccc21. The fraction of sp³-hybridized carbons (Fsp3) is 0.308. The summed E-state index contributed by atoms with van der Waals surface area (Å²) in [6, 6.07) is 26.6. The van der Waals surface area contributed by atoms with Gasteiger partial charge in [-0.2, -0.15) is 0 Å². The lowest BCUT2D eigenvalue weighted by Gasteiger charge is -2.13. The van der Waals surface area contributed by atoms with Crippen LogP contribution in [0.2, 0.25) is 0 Å². The zero-order chi connectivity index (χ0) is 18.5. The lowest BCUT2D eigenvalue weighted by atomic mass is 10.0. The number of rotatable bonds is 8. The largest absolute Gasteiger partial charge is 0.340 e. The molecule has 0 unspecified atom stereocenters. The van der Waals surface area contributed by atoms with E-state index < -0.39 is 0 Å². The molecule has 0 bridgehead atoms. The van der Waals surface area contributed by atoms with Gasteiger partial charge in [0.15, 0.2) is 0 Å². The van der Waals surface area contributed by atoms with Crippen LogP contribution in [-0.2, 0) is 6.54 Å². The standard InChI is InChI=1S/C26H29N/c1-2-3-4-5-6-11-19-27-25-18-10-8-14-22(25)20-26(27)24-17-12-15-21-13-7-9-16-23(21)24/h7-10,12-18,20H,2-6,11,19H2,1H3. The molecule has 0 radical (unpaired) electrons. The predicted octanol–water partition coefficient (Wildman–Crippen LogP) is 7.82. The van der Waals surface area contributed by atoms with Gasteiger partial charge in [0.05, 0.1) is 0 Å². The quantitative estimate of drug-likeness (QED) is 0.284. The van der Waals surface area contributed by atoms with Crippen LogP contribution in [0.3, 0.4) is 0 Å². The van der Waals surface area contributed by atoms with Gasteiger partial charge < -0.3 is 4.57 Å². The maximum atomic E-state index is 2.54. The molecule has 1 nitrogen and oxygen atoms in total. The van der Waals surface area contributed by atoms with Gasteiger partial charge in [-0.15, -0.1) is 0 Å². The molecule has 0 aliphatic rings. The highest BCUT2D eigenvalue weighted by Gasteiger charge is 2.12. The van der Waals surface area contributed by atoms with E-state index in [9.17, 15) is 0 Å².